The van der Waals surface area contributed by atoms with Crippen LogP contribution in [-0.2, 0) is 25.2 Å². The first-order valence-corrected chi connectivity index (χ1v) is 11.6. The summed E-state index contributed by atoms with van der Waals surface area (Å²) in [5, 5.41) is 0. The van der Waals surface area contributed by atoms with Crippen LogP contribution in [-0.4, -0.2) is 60.2 Å². The van der Waals surface area contributed by atoms with Crippen molar-refractivity contribution < 1.29 is 23.6 Å². The third-order valence-corrected chi connectivity index (χ3v) is 6.79. The van der Waals surface area contributed by atoms with Crippen molar-refractivity contribution in [3.05, 3.63) is 41.5 Å². The minimum Gasteiger partial charge on any atom is -0.444 e. The second-order valence-electron chi connectivity index (χ2n) is 11.2. The summed E-state index contributed by atoms with van der Waals surface area (Å²) in [5.41, 5.74) is 2.35. The standard InChI is InChI=1S/C25H36BNO5/c1-23(2,3)30-22(28)27-20-13-18(14-21(27)16-29-15-20)11-17-9-8-10-19(12-17)26-31-24(4,5)25(6,7)32-26/h8-10,12-13,20-21H,11,14-16H2,1-7H3. The Morgan fingerprint density at radius 3 is 2.47 bits per heavy atom. The number of carbonyl (C=O) groups excluding carboxylic acids is 1. The lowest BCUT2D eigenvalue weighted by molar-refractivity contribution is -0.0536. The van der Waals surface area contributed by atoms with Crippen molar-refractivity contribution in [2.75, 3.05) is 13.2 Å². The molecule has 0 aromatic heterocycles. The van der Waals surface area contributed by atoms with Crippen LogP contribution in [0.4, 0.5) is 4.79 Å². The zero-order valence-electron chi connectivity index (χ0n) is 20.4. The Morgan fingerprint density at radius 1 is 1.16 bits per heavy atom. The molecule has 3 aliphatic rings. The third-order valence-electron chi connectivity index (χ3n) is 6.79. The molecule has 0 aliphatic carbocycles. The summed E-state index contributed by atoms with van der Waals surface area (Å²) < 4.78 is 23.8. The molecular weight excluding hydrogens is 405 g/mol. The predicted molar refractivity (Wildman–Crippen MR) is 125 cm³/mol. The highest BCUT2D eigenvalue weighted by atomic mass is 16.7. The van der Waals surface area contributed by atoms with Crippen LogP contribution in [0.2, 0.25) is 0 Å². The number of hydrogen-bond acceptors (Lipinski definition) is 5. The fourth-order valence-corrected chi connectivity index (χ4v) is 4.51. The Morgan fingerprint density at radius 2 is 1.84 bits per heavy atom. The van der Waals surface area contributed by atoms with E-state index in [1.165, 1.54) is 11.1 Å². The Hall–Kier alpha value is -1.83. The molecule has 4 rings (SSSR count). The third kappa shape index (κ3) is 4.75. The average molecular weight is 441 g/mol. The quantitative estimate of drug-likeness (QED) is 0.527. The highest BCUT2D eigenvalue weighted by Gasteiger charge is 2.51. The number of amides is 1. The number of carbonyl (C=O) groups is 1. The summed E-state index contributed by atoms with van der Waals surface area (Å²) in [6.07, 6.45) is 3.55. The SMILES string of the molecule is CC(C)(C)OC(=O)N1C2C=C(Cc3cccc(B4OC(C)(C)C(C)(C)O4)c3)CC1COC2. The van der Waals surface area contributed by atoms with Crippen molar-refractivity contribution in [2.45, 2.75) is 90.2 Å². The van der Waals surface area contributed by atoms with E-state index in [-0.39, 0.29) is 36.5 Å². The van der Waals surface area contributed by atoms with Crippen LogP contribution in [0.5, 0.6) is 0 Å². The Kier molecular flexibility index (Phi) is 5.97. The molecule has 6 nitrogen and oxygen atoms in total. The number of benzene rings is 1. The van der Waals surface area contributed by atoms with Crippen molar-refractivity contribution in [3.8, 4) is 0 Å². The van der Waals surface area contributed by atoms with Gasteiger partial charge in [-0.3, -0.25) is 4.90 Å². The molecule has 1 amide bonds. The average Bonchev–Trinajstić information content (AvgIpc) is 2.87. The van der Waals surface area contributed by atoms with E-state index >= 15 is 0 Å². The van der Waals surface area contributed by atoms with Gasteiger partial charge < -0.3 is 18.8 Å². The molecule has 174 valence electrons. The number of rotatable bonds is 3. The smallest absolute Gasteiger partial charge is 0.444 e. The van der Waals surface area contributed by atoms with Crippen LogP contribution in [0, 0.1) is 0 Å². The highest BCUT2D eigenvalue weighted by molar-refractivity contribution is 6.62. The molecule has 1 aromatic rings. The van der Waals surface area contributed by atoms with Gasteiger partial charge >= 0.3 is 13.2 Å². The van der Waals surface area contributed by atoms with Gasteiger partial charge in [0.2, 0.25) is 0 Å². The molecule has 0 N–H and O–H groups in total. The number of fused-ring (bicyclic) bond motifs is 2. The van der Waals surface area contributed by atoms with Gasteiger partial charge in [-0.25, -0.2) is 4.79 Å². The molecule has 7 heteroatoms. The molecule has 32 heavy (non-hydrogen) atoms. The molecule has 2 fully saturated rings. The van der Waals surface area contributed by atoms with Gasteiger partial charge in [-0.05, 0) is 72.3 Å². The molecule has 2 saturated heterocycles. The van der Waals surface area contributed by atoms with Gasteiger partial charge in [0.15, 0.2) is 0 Å². The van der Waals surface area contributed by atoms with Crippen LogP contribution in [0.25, 0.3) is 0 Å². The lowest BCUT2D eigenvalue weighted by Gasteiger charge is -2.44. The Balaban J connectivity index is 1.49. The van der Waals surface area contributed by atoms with E-state index in [9.17, 15) is 4.79 Å². The molecule has 3 heterocycles. The van der Waals surface area contributed by atoms with E-state index < -0.39 is 5.60 Å². The van der Waals surface area contributed by atoms with E-state index in [0.29, 0.717) is 13.2 Å². The van der Waals surface area contributed by atoms with E-state index in [1.807, 2.05) is 25.7 Å². The summed E-state index contributed by atoms with van der Waals surface area (Å²) in [6.45, 7) is 15.0. The summed E-state index contributed by atoms with van der Waals surface area (Å²) in [5.74, 6) is 0. The van der Waals surface area contributed by atoms with Gasteiger partial charge in [-0.1, -0.05) is 35.9 Å². The van der Waals surface area contributed by atoms with Crippen LogP contribution in [0.15, 0.2) is 35.9 Å². The van der Waals surface area contributed by atoms with Crippen molar-refractivity contribution >= 4 is 18.7 Å². The number of morpholine rings is 1. The van der Waals surface area contributed by atoms with E-state index in [0.717, 1.165) is 18.3 Å². The summed E-state index contributed by atoms with van der Waals surface area (Å²) in [4.78, 5) is 14.6. The first kappa shape index (κ1) is 23.3. The molecule has 2 unspecified atom stereocenters. The van der Waals surface area contributed by atoms with E-state index in [2.05, 4.69) is 58.0 Å². The monoisotopic (exact) mass is 441 g/mol. The predicted octanol–water partition coefficient (Wildman–Crippen LogP) is 3.86. The maximum Gasteiger partial charge on any atom is 0.494 e. The fraction of sp³-hybridized carbons (Fsp3) is 0.640. The molecule has 2 atom stereocenters. The zero-order chi connectivity index (χ0) is 23.3. The van der Waals surface area contributed by atoms with Gasteiger partial charge in [-0.2, -0.15) is 0 Å². The normalized spacial score (nSPS) is 26.7. The first-order valence-electron chi connectivity index (χ1n) is 11.6. The lowest BCUT2D eigenvalue weighted by Crippen LogP contribution is -2.57. The summed E-state index contributed by atoms with van der Waals surface area (Å²) in [7, 11) is -0.365. The highest BCUT2D eigenvalue weighted by Crippen LogP contribution is 2.36. The van der Waals surface area contributed by atoms with Crippen LogP contribution >= 0.6 is 0 Å². The van der Waals surface area contributed by atoms with Gasteiger partial charge in [0, 0.05) is 0 Å². The van der Waals surface area contributed by atoms with Crippen molar-refractivity contribution in [1.29, 1.82) is 0 Å². The second kappa shape index (κ2) is 8.19. The van der Waals surface area contributed by atoms with E-state index in [1.54, 1.807) is 0 Å². The van der Waals surface area contributed by atoms with Crippen molar-refractivity contribution in [2.24, 2.45) is 0 Å². The maximum atomic E-state index is 12.8. The Bertz CT molecular complexity index is 888. The van der Waals surface area contributed by atoms with Gasteiger partial charge in [-0.15, -0.1) is 0 Å². The second-order valence-corrected chi connectivity index (χ2v) is 11.2. The van der Waals surface area contributed by atoms with Gasteiger partial charge in [0.05, 0.1) is 36.5 Å². The minimum atomic E-state index is -0.510. The molecule has 0 saturated carbocycles. The van der Waals surface area contributed by atoms with Crippen LogP contribution in [0.1, 0.15) is 60.5 Å². The van der Waals surface area contributed by atoms with Crippen LogP contribution < -0.4 is 5.46 Å². The Labute approximate surface area is 192 Å². The fourth-order valence-electron chi connectivity index (χ4n) is 4.51. The van der Waals surface area contributed by atoms with Crippen LogP contribution in [0.3, 0.4) is 0 Å². The zero-order valence-corrected chi connectivity index (χ0v) is 20.4. The summed E-state index contributed by atoms with van der Waals surface area (Å²) in [6, 6.07) is 8.37. The molecule has 1 aromatic carbocycles. The molecule has 3 aliphatic heterocycles. The van der Waals surface area contributed by atoms with Gasteiger partial charge in [0.25, 0.3) is 0 Å². The van der Waals surface area contributed by atoms with Crippen molar-refractivity contribution in [3.63, 3.8) is 0 Å². The molecule has 0 spiro atoms. The van der Waals surface area contributed by atoms with Gasteiger partial charge in [0.1, 0.15) is 5.60 Å². The largest absolute Gasteiger partial charge is 0.494 e. The maximum absolute atomic E-state index is 12.8. The van der Waals surface area contributed by atoms with Crippen molar-refractivity contribution in [1.82, 2.24) is 4.90 Å². The topological polar surface area (TPSA) is 57.2 Å². The number of ether oxygens (including phenoxy) is 2. The summed E-state index contributed by atoms with van der Waals surface area (Å²) >= 11 is 0. The number of hydrogen-bond donors (Lipinski definition) is 0. The molecule has 0 radical (unpaired) electrons. The first-order chi connectivity index (χ1) is 14.8. The minimum absolute atomic E-state index is 0.00915. The lowest BCUT2D eigenvalue weighted by atomic mass is 9.77. The molecular formula is C25H36BNO5. The molecule has 2 bridgehead atoms. The number of nitrogens with zero attached hydrogens (tertiary/aromatic N) is 1. The van der Waals surface area contributed by atoms with E-state index in [4.69, 9.17) is 18.8 Å².